The lowest BCUT2D eigenvalue weighted by Gasteiger charge is -2.27. The third-order valence-corrected chi connectivity index (χ3v) is 5.09. The second-order valence-electron chi connectivity index (χ2n) is 6.70. The summed E-state index contributed by atoms with van der Waals surface area (Å²) in [5.74, 6) is 1.29. The van der Waals surface area contributed by atoms with E-state index in [0.717, 1.165) is 18.4 Å². The molecule has 2 aliphatic heterocycles. The Bertz CT molecular complexity index is 929. The first-order chi connectivity index (χ1) is 13.6. The molecular formula is C20H20N2O6. The van der Waals surface area contributed by atoms with Crippen LogP contribution in [0.5, 0.6) is 17.2 Å². The average molecular weight is 384 g/mol. The van der Waals surface area contributed by atoms with Gasteiger partial charge < -0.3 is 19.1 Å². The van der Waals surface area contributed by atoms with E-state index >= 15 is 0 Å². The normalized spacial score (nSPS) is 18.0. The van der Waals surface area contributed by atoms with Crippen molar-refractivity contribution in [3.05, 3.63) is 57.6 Å². The number of nitrogens with zero attached hydrogens (tertiary/aromatic N) is 2. The second-order valence-corrected chi connectivity index (χ2v) is 6.70. The topological polar surface area (TPSA) is 91.1 Å². The molecule has 8 heteroatoms. The summed E-state index contributed by atoms with van der Waals surface area (Å²) in [6.45, 7) is 1.62. The number of ether oxygens (including phenoxy) is 3. The van der Waals surface area contributed by atoms with Crippen LogP contribution in [-0.2, 0) is 0 Å². The lowest BCUT2D eigenvalue weighted by molar-refractivity contribution is -0.385. The molecule has 28 heavy (non-hydrogen) atoms. The van der Waals surface area contributed by atoms with E-state index in [1.54, 1.807) is 11.0 Å². The van der Waals surface area contributed by atoms with Crippen LogP contribution in [0.1, 0.15) is 34.8 Å². The zero-order valence-corrected chi connectivity index (χ0v) is 15.4. The van der Waals surface area contributed by atoms with Gasteiger partial charge in [0.1, 0.15) is 13.2 Å². The van der Waals surface area contributed by atoms with E-state index in [1.165, 1.54) is 19.2 Å². The quantitative estimate of drug-likeness (QED) is 0.593. The fraction of sp³-hybridized carbons (Fsp3) is 0.350. The van der Waals surface area contributed by atoms with Gasteiger partial charge in [-0.3, -0.25) is 14.9 Å². The Morgan fingerprint density at radius 2 is 1.96 bits per heavy atom. The zero-order valence-electron chi connectivity index (χ0n) is 15.4. The Kier molecular flexibility index (Phi) is 4.77. The summed E-state index contributed by atoms with van der Waals surface area (Å²) in [5, 5.41) is 11.3. The molecule has 1 amide bonds. The molecule has 0 unspecified atom stereocenters. The zero-order chi connectivity index (χ0) is 19.7. The molecule has 1 atom stereocenters. The number of hydrogen-bond acceptors (Lipinski definition) is 6. The maximum absolute atomic E-state index is 13.1. The first-order valence-electron chi connectivity index (χ1n) is 9.11. The predicted molar refractivity (Wildman–Crippen MR) is 100 cm³/mol. The van der Waals surface area contributed by atoms with Gasteiger partial charge in [0.2, 0.25) is 0 Å². The number of fused-ring (bicyclic) bond motifs is 1. The van der Waals surface area contributed by atoms with Crippen LogP contribution in [0.4, 0.5) is 5.69 Å². The Hall–Kier alpha value is -3.29. The summed E-state index contributed by atoms with van der Waals surface area (Å²) < 4.78 is 16.2. The molecule has 0 N–H and O–H groups in total. The highest BCUT2D eigenvalue weighted by Crippen LogP contribution is 2.39. The van der Waals surface area contributed by atoms with Gasteiger partial charge in [0.05, 0.1) is 18.1 Å². The number of hydrogen-bond donors (Lipinski definition) is 0. The molecule has 1 fully saturated rings. The van der Waals surface area contributed by atoms with Gasteiger partial charge >= 0.3 is 5.69 Å². The van der Waals surface area contributed by atoms with Crippen molar-refractivity contribution in [2.75, 3.05) is 26.9 Å². The van der Waals surface area contributed by atoms with E-state index in [1.807, 2.05) is 18.2 Å². The summed E-state index contributed by atoms with van der Waals surface area (Å²) in [5.41, 5.74) is 1.03. The van der Waals surface area contributed by atoms with Crippen molar-refractivity contribution < 1.29 is 23.9 Å². The molecule has 2 heterocycles. The van der Waals surface area contributed by atoms with Crippen molar-refractivity contribution in [2.45, 2.75) is 18.9 Å². The summed E-state index contributed by atoms with van der Waals surface area (Å²) >= 11 is 0. The fourth-order valence-electron chi connectivity index (χ4n) is 3.76. The van der Waals surface area contributed by atoms with Gasteiger partial charge in [-0.05, 0) is 42.7 Å². The third kappa shape index (κ3) is 3.21. The average Bonchev–Trinajstić information content (AvgIpc) is 3.22. The molecule has 2 aromatic carbocycles. The second kappa shape index (κ2) is 7.38. The molecule has 0 spiro atoms. The van der Waals surface area contributed by atoms with Crippen LogP contribution in [0.2, 0.25) is 0 Å². The summed E-state index contributed by atoms with van der Waals surface area (Å²) in [6.07, 6.45) is 1.69. The first-order valence-corrected chi connectivity index (χ1v) is 9.11. The highest BCUT2D eigenvalue weighted by atomic mass is 16.6. The van der Waals surface area contributed by atoms with E-state index in [2.05, 4.69) is 0 Å². The number of benzene rings is 2. The van der Waals surface area contributed by atoms with Crippen LogP contribution in [0, 0.1) is 10.1 Å². The van der Waals surface area contributed by atoms with Crippen molar-refractivity contribution in [2.24, 2.45) is 0 Å². The number of amides is 1. The van der Waals surface area contributed by atoms with E-state index < -0.39 is 4.92 Å². The number of nitro benzene ring substituents is 1. The van der Waals surface area contributed by atoms with E-state index in [-0.39, 0.29) is 28.9 Å². The van der Waals surface area contributed by atoms with Gasteiger partial charge in [-0.2, -0.15) is 0 Å². The SMILES string of the molecule is COc1ccc(C(=O)N2CCC[C@@H]2c2ccc3c(c2)OCCO3)cc1[N+](=O)[O-]. The van der Waals surface area contributed by atoms with Gasteiger partial charge in [-0.1, -0.05) is 6.07 Å². The number of carbonyl (C=O) groups excluding carboxylic acids is 1. The highest BCUT2D eigenvalue weighted by molar-refractivity contribution is 5.95. The Morgan fingerprint density at radius 3 is 2.71 bits per heavy atom. The highest BCUT2D eigenvalue weighted by Gasteiger charge is 2.32. The van der Waals surface area contributed by atoms with Gasteiger partial charge in [-0.25, -0.2) is 0 Å². The van der Waals surface area contributed by atoms with E-state index in [4.69, 9.17) is 14.2 Å². The van der Waals surface area contributed by atoms with Crippen molar-refractivity contribution in [1.82, 2.24) is 4.90 Å². The van der Waals surface area contributed by atoms with Crippen LogP contribution in [0.3, 0.4) is 0 Å². The van der Waals surface area contributed by atoms with Crippen molar-refractivity contribution in [3.8, 4) is 17.2 Å². The first kappa shape index (κ1) is 18.1. The lowest BCUT2D eigenvalue weighted by atomic mass is 10.0. The molecular weight excluding hydrogens is 364 g/mol. The molecule has 0 bridgehead atoms. The largest absolute Gasteiger partial charge is 0.490 e. The number of carbonyl (C=O) groups is 1. The van der Waals surface area contributed by atoms with Crippen LogP contribution >= 0.6 is 0 Å². The number of nitro groups is 1. The molecule has 1 saturated heterocycles. The fourth-order valence-corrected chi connectivity index (χ4v) is 3.76. The van der Waals surface area contributed by atoms with Crippen molar-refractivity contribution in [1.29, 1.82) is 0 Å². The third-order valence-electron chi connectivity index (χ3n) is 5.09. The molecule has 0 radical (unpaired) electrons. The van der Waals surface area contributed by atoms with E-state index in [0.29, 0.717) is 31.3 Å². The minimum Gasteiger partial charge on any atom is -0.490 e. The van der Waals surface area contributed by atoms with Crippen molar-refractivity contribution in [3.63, 3.8) is 0 Å². The predicted octanol–water partition coefficient (Wildman–Crippen LogP) is 3.35. The Labute approximate surface area is 161 Å². The molecule has 4 rings (SSSR count). The standard InChI is InChI=1S/C20H20N2O6/c1-26-17-6-5-14(11-16(17)22(24)25)20(23)21-8-2-3-15(21)13-4-7-18-19(12-13)28-10-9-27-18/h4-7,11-12,15H,2-3,8-10H2,1H3/t15-/m1/s1. The Morgan fingerprint density at radius 1 is 1.18 bits per heavy atom. The van der Waals surface area contributed by atoms with Gasteiger partial charge in [-0.15, -0.1) is 0 Å². The minimum atomic E-state index is -0.544. The summed E-state index contributed by atoms with van der Waals surface area (Å²) in [6, 6.07) is 9.92. The van der Waals surface area contributed by atoms with Crippen LogP contribution in [0.15, 0.2) is 36.4 Å². The van der Waals surface area contributed by atoms with Crippen LogP contribution in [0.25, 0.3) is 0 Å². The molecule has 0 saturated carbocycles. The molecule has 0 aromatic heterocycles. The van der Waals surface area contributed by atoms with Crippen LogP contribution in [-0.4, -0.2) is 42.6 Å². The van der Waals surface area contributed by atoms with Gasteiger partial charge in [0, 0.05) is 18.2 Å². The maximum Gasteiger partial charge on any atom is 0.311 e. The molecule has 146 valence electrons. The lowest BCUT2D eigenvalue weighted by Crippen LogP contribution is -2.30. The Balaban J connectivity index is 1.62. The van der Waals surface area contributed by atoms with Gasteiger partial charge in [0.25, 0.3) is 5.91 Å². The minimum absolute atomic E-state index is 0.107. The van der Waals surface area contributed by atoms with Gasteiger partial charge in [0.15, 0.2) is 17.2 Å². The van der Waals surface area contributed by atoms with E-state index in [9.17, 15) is 14.9 Å². The summed E-state index contributed by atoms with van der Waals surface area (Å²) in [7, 11) is 1.36. The molecule has 2 aromatic rings. The maximum atomic E-state index is 13.1. The number of rotatable bonds is 4. The van der Waals surface area contributed by atoms with Crippen molar-refractivity contribution >= 4 is 11.6 Å². The van der Waals surface area contributed by atoms with Crippen LogP contribution < -0.4 is 14.2 Å². The smallest absolute Gasteiger partial charge is 0.311 e. The number of likely N-dealkylation sites (tertiary alicyclic amines) is 1. The molecule has 2 aliphatic rings. The molecule has 8 nitrogen and oxygen atoms in total. The number of methoxy groups -OCH3 is 1. The monoisotopic (exact) mass is 384 g/mol. The summed E-state index contributed by atoms with van der Waals surface area (Å²) in [4.78, 5) is 25.6. The molecule has 0 aliphatic carbocycles.